The van der Waals surface area contributed by atoms with E-state index >= 15 is 0 Å². The average molecular weight is 337 g/mol. The maximum Gasteiger partial charge on any atom is 0.222 e. The van der Waals surface area contributed by atoms with Crippen LogP contribution in [0.25, 0.3) is 16.7 Å². The van der Waals surface area contributed by atoms with Gasteiger partial charge in [-0.3, -0.25) is 9.20 Å². The molecule has 1 saturated heterocycles. The largest absolute Gasteiger partial charge is 0.345 e. The molecule has 0 spiro atoms. The quantitative estimate of drug-likeness (QED) is 0.799. The summed E-state index contributed by atoms with van der Waals surface area (Å²) in [6.45, 7) is 3.94. The lowest BCUT2D eigenvalue weighted by atomic mass is 9.86. The van der Waals surface area contributed by atoms with Crippen molar-refractivity contribution >= 4 is 22.6 Å². The number of imidazole rings is 1. The second-order valence-electron chi connectivity index (χ2n) is 7.71. The molecule has 1 aliphatic heterocycles. The van der Waals surface area contributed by atoms with Gasteiger partial charge in [0, 0.05) is 31.6 Å². The van der Waals surface area contributed by atoms with Crippen molar-refractivity contribution in [3.63, 3.8) is 0 Å². The van der Waals surface area contributed by atoms with E-state index in [1.807, 2.05) is 24.7 Å². The molecule has 0 aromatic carbocycles. The van der Waals surface area contributed by atoms with E-state index in [4.69, 9.17) is 4.98 Å². The summed E-state index contributed by atoms with van der Waals surface area (Å²) in [6, 6.07) is 2.05. The van der Waals surface area contributed by atoms with Gasteiger partial charge >= 0.3 is 0 Å². The third-order valence-corrected chi connectivity index (χ3v) is 5.89. The molecule has 0 bridgehead atoms. The summed E-state index contributed by atoms with van der Waals surface area (Å²) >= 11 is 0. The number of piperidine rings is 1. The van der Waals surface area contributed by atoms with Crippen molar-refractivity contribution in [2.75, 3.05) is 13.1 Å². The summed E-state index contributed by atoms with van der Waals surface area (Å²) in [5.74, 6) is 2.80. The zero-order chi connectivity index (χ0) is 17.0. The molecule has 130 valence electrons. The van der Waals surface area contributed by atoms with Gasteiger partial charge in [-0.05, 0) is 37.2 Å². The minimum absolute atomic E-state index is 0.264. The standard InChI is InChI=1S/C19H23N5O/c1-12-5-7-23(17(25)8-13-2-3-13)11-15(12)19-22-10-14-9-21-18-16(24(14)19)4-6-20-18/h4,6,9-10,12-13,15,20H,2-3,5,7-8,11H2,1H3. The molecule has 3 aromatic rings. The number of aromatic nitrogens is 4. The predicted molar refractivity (Wildman–Crippen MR) is 95.3 cm³/mol. The molecule has 6 heteroatoms. The highest BCUT2D eigenvalue weighted by Crippen LogP contribution is 2.36. The van der Waals surface area contributed by atoms with Crippen LogP contribution < -0.4 is 0 Å². The zero-order valence-corrected chi connectivity index (χ0v) is 14.5. The highest BCUT2D eigenvalue weighted by molar-refractivity contribution is 5.77. The van der Waals surface area contributed by atoms with Gasteiger partial charge in [0.2, 0.25) is 5.91 Å². The van der Waals surface area contributed by atoms with Crippen LogP contribution in [-0.2, 0) is 4.79 Å². The third-order valence-electron chi connectivity index (χ3n) is 5.89. The smallest absolute Gasteiger partial charge is 0.222 e. The maximum absolute atomic E-state index is 12.6. The summed E-state index contributed by atoms with van der Waals surface area (Å²) in [4.78, 5) is 27.0. The first-order valence-corrected chi connectivity index (χ1v) is 9.28. The van der Waals surface area contributed by atoms with Gasteiger partial charge < -0.3 is 9.88 Å². The van der Waals surface area contributed by atoms with Crippen molar-refractivity contribution < 1.29 is 4.79 Å². The van der Waals surface area contributed by atoms with Crippen molar-refractivity contribution in [1.82, 2.24) is 24.3 Å². The van der Waals surface area contributed by atoms with Crippen LogP contribution in [-0.4, -0.2) is 43.2 Å². The zero-order valence-electron chi connectivity index (χ0n) is 14.5. The van der Waals surface area contributed by atoms with Gasteiger partial charge in [-0.2, -0.15) is 0 Å². The highest BCUT2D eigenvalue weighted by Gasteiger charge is 2.34. The second-order valence-corrected chi connectivity index (χ2v) is 7.71. The number of aromatic amines is 1. The SMILES string of the molecule is CC1CCN(C(=O)CC2CC2)CC1c1ncc2cnc3[nH]ccc3n12. The number of fused-ring (bicyclic) bond motifs is 3. The van der Waals surface area contributed by atoms with Gasteiger partial charge in [0.05, 0.1) is 23.4 Å². The predicted octanol–water partition coefficient (Wildman–Crippen LogP) is 2.96. The van der Waals surface area contributed by atoms with E-state index in [1.165, 1.54) is 12.8 Å². The van der Waals surface area contributed by atoms with Gasteiger partial charge in [-0.1, -0.05) is 6.92 Å². The van der Waals surface area contributed by atoms with Crippen LogP contribution >= 0.6 is 0 Å². The summed E-state index contributed by atoms with van der Waals surface area (Å²) in [5, 5.41) is 0. The molecule has 4 heterocycles. The topological polar surface area (TPSA) is 66.3 Å². The van der Waals surface area contributed by atoms with E-state index in [2.05, 4.69) is 26.2 Å². The Hall–Kier alpha value is -2.37. The van der Waals surface area contributed by atoms with Crippen molar-refractivity contribution in [3.05, 3.63) is 30.5 Å². The van der Waals surface area contributed by atoms with Gasteiger partial charge in [0.25, 0.3) is 0 Å². The normalized spacial score (nSPS) is 24.3. The van der Waals surface area contributed by atoms with Crippen LogP contribution in [0.5, 0.6) is 0 Å². The minimum atomic E-state index is 0.264. The lowest BCUT2D eigenvalue weighted by molar-refractivity contribution is -0.133. The van der Waals surface area contributed by atoms with Crippen LogP contribution in [0.15, 0.2) is 24.7 Å². The number of nitrogens with zero attached hydrogens (tertiary/aromatic N) is 4. The van der Waals surface area contributed by atoms with E-state index in [0.29, 0.717) is 17.7 Å². The van der Waals surface area contributed by atoms with Crippen LogP contribution in [0.3, 0.4) is 0 Å². The molecule has 0 radical (unpaired) electrons. The molecule has 2 atom stereocenters. The monoisotopic (exact) mass is 337 g/mol. The van der Waals surface area contributed by atoms with E-state index in [0.717, 1.165) is 48.4 Å². The number of nitrogens with one attached hydrogen (secondary N) is 1. The van der Waals surface area contributed by atoms with Gasteiger partial charge in [-0.25, -0.2) is 9.97 Å². The molecule has 5 rings (SSSR count). The molecular weight excluding hydrogens is 314 g/mol. The molecule has 3 aromatic heterocycles. The number of rotatable bonds is 3. The lowest BCUT2D eigenvalue weighted by Gasteiger charge is -2.36. The Balaban J connectivity index is 1.51. The summed E-state index contributed by atoms with van der Waals surface area (Å²) in [5.41, 5.74) is 2.94. The van der Waals surface area contributed by atoms with Gasteiger partial charge in [-0.15, -0.1) is 0 Å². The Morgan fingerprint density at radius 2 is 2.12 bits per heavy atom. The highest BCUT2D eigenvalue weighted by atomic mass is 16.2. The summed E-state index contributed by atoms with van der Waals surface area (Å²) < 4.78 is 2.20. The van der Waals surface area contributed by atoms with Gasteiger partial charge in [0.15, 0.2) is 5.65 Å². The number of hydrogen-bond donors (Lipinski definition) is 1. The van der Waals surface area contributed by atoms with Crippen LogP contribution in [0, 0.1) is 11.8 Å². The molecule has 25 heavy (non-hydrogen) atoms. The van der Waals surface area contributed by atoms with E-state index in [9.17, 15) is 4.79 Å². The van der Waals surface area contributed by atoms with E-state index in [1.54, 1.807) is 0 Å². The molecule has 1 aliphatic carbocycles. The Morgan fingerprint density at radius 1 is 1.28 bits per heavy atom. The maximum atomic E-state index is 12.6. The molecule has 2 fully saturated rings. The third kappa shape index (κ3) is 2.51. The van der Waals surface area contributed by atoms with Gasteiger partial charge in [0.1, 0.15) is 5.82 Å². The first-order valence-electron chi connectivity index (χ1n) is 9.28. The van der Waals surface area contributed by atoms with Crippen molar-refractivity contribution in [3.8, 4) is 0 Å². The van der Waals surface area contributed by atoms with Crippen LogP contribution in [0.2, 0.25) is 0 Å². The fourth-order valence-corrected chi connectivity index (χ4v) is 4.09. The number of H-pyrrole nitrogens is 1. The Bertz CT molecular complexity index is 938. The fourth-order valence-electron chi connectivity index (χ4n) is 4.09. The Labute approximate surface area is 146 Å². The molecule has 1 N–H and O–H groups in total. The number of carbonyl (C=O) groups is 1. The first kappa shape index (κ1) is 14.9. The lowest BCUT2D eigenvalue weighted by Crippen LogP contribution is -2.42. The molecular formula is C19H23N5O. The molecule has 1 saturated carbocycles. The molecule has 2 unspecified atom stereocenters. The molecule has 2 aliphatic rings. The van der Waals surface area contributed by atoms with E-state index in [-0.39, 0.29) is 5.92 Å². The number of likely N-dealkylation sites (tertiary alicyclic amines) is 1. The van der Waals surface area contributed by atoms with Crippen molar-refractivity contribution in [2.24, 2.45) is 11.8 Å². The fraction of sp³-hybridized carbons (Fsp3) is 0.526. The first-order chi connectivity index (χ1) is 12.2. The number of hydrogen-bond acceptors (Lipinski definition) is 3. The Kier molecular flexibility index (Phi) is 3.33. The number of amides is 1. The molecule has 1 amide bonds. The van der Waals surface area contributed by atoms with Crippen LogP contribution in [0.1, 0.15) is 44.3 Å². The minimum Gasteiger partial charge on any atom is -0.345 e. The van der Waals surface area contributed by atoms with E-state index < -0.39 is 0 Å². The van der Waals surface area contributed by atoms with Crippen LogP contribution in [0.4, 0.5) is 0 Å². The van der Waals surface area contributed by atoms with Crippen molar-refractivity contribution in [1.29, 1.82) is 0 Å². The molecule has 6 nitrogen and oxygen atoms in total. The summed E-state index contributed by atoms with van der Waals surface area (Å²) in [6.07, 6.45) is 9.89. The number of carbonyl (C=O) groups excluding carboxylic acids is 1. The second kappa shape index (κ2) is 5.58. The average Bonchev–Trinajstić information content (AvgIpc) is 3.13. The Morgan fingerprint density at radius 3 is 2.96 bits per heavy atom. The van der Waals surface area contributed by atoms with Crippen molar-refractivity contribution in [2.45, 2.75) is 38.5 Å². The summed E-state index contributed by atoms with van der Waals surface area (Å²) in [7, 11) is 0.